The van der Waals surface area contributed by atoms with Gasteiger partial charge in [-0.15, -0.1) is 0 Å². The van der Waals surface area contributed by atoms with Gasteiger partial charge >= 0.3 is 5.97 Å². The van der Waals surface area contributed by atoms with Gasteiger partial charge in [-0.05, 0) is 24.1 Å². The van der Waals surface area contributed by atoms with E-state index in [1.165, 1.54) is 6.20 Å². The molecule has 0 bridgehead atoms. The van der Waals surface area contributed by atoms with E-state index in [-0.39, 0.29) is 24.0 Å². The van der Waals surface area contributed by atoms with Crippen molar-refractivity contribution < 1.29 is 24.3 Å². The normalized spacial score (nSPS) is 18.8. The van der Waals surface area contributed by atoms with Crippen LogP contribution in [-0.4, -0.2) is 50.7 Å². The molecule has 29 heavy (non-hydrogen) atoms. The average Bonchev–Trinajstić information content (AvgIpc) is 3.31. The lowest BCUT2D eigenvalue weighted by Gasteiger charge is -2.30. The minimum atomic E-state index is -1.14. The van der Waals surface area contributed by atoms with Crippen molar-refractivity contribution in [1.29, 1.82) is 0 Å². The smallest absolute Gasteiger partial charge is 0.327 e. The molecular formula is C22H18N2O5. The maximum Gasteiger partial charge on any atom is 0.327 e. The molecule has 0 aliphatic carbocycles. The predicted molar refractivity (Wildman–Crippen MR) is 103 cm³/mol. The monoisotopic (exact) mass is 390 g/mol. The number of amides is 3. The van der Waals surface area contributed by atoms with E-state index < -0.39 is 35.8 Å². The van der Waals surface area contributed by atoms with Crippen LogP contribution in [0.4, 0.5) is 0 Å². The van der Waals surface area contributed by atoms with E-state index in [1.54, 1.807) is 54.6 Å². The molecule has 0 saturated heterocycles. The molecule has 2 aromatic rings. The Labute approximate surface area is 166 Å². The highest BCUT2D eigenvalue weighted by Crippen LogP contribution is 2.28. The molecule has 2 aromatic carbocycles. The van der Waals surface area contributed by atoms with Crippen molar-refractivity contribution in [1.82, 2.24) is 9.80 Å². The standard InChI is InChI=1S/C22H18N2O5/c25-19-15-9-4-5-10-16(15)20(26)24(19)18(13-14-7-2-1-3-8-14)21(27)23-12-6-11-17(23)22(28)29/h1-10,12,17-18H,11,13H2,(H,28,29)/t17-,18?/m0/s1. The molecule has 146 valence electrons. The molecule has 2 aliphatic rings. The summed E-state index contributed by atoms with van der Waals surface area (Å²) in [5, 5.41) is 9.43. The van der Waals surface area contributed by atoms with Gasteiger partial charge in [0.05, 0.1) is 11.1 Å². The van der Waals surface area contributed by atoms with Gasteiger partial charge in [0, 0.05) is 12.6 Å². The van der Waals surface area contributed by atoms with Crippen molar-refractivity contribution in [2.75, 3.05) is 0 Å². The third-order valence-electron chi connectivity index (χ3n) is 5.19. The molecule has 0 spiro atoms. The Morgan fingerprint density at radius 1 is 0.966 bits per heavy atom. The Balaban J connectivity index is 1.73. The van der Waals surface area contributed by atoms with Crippen molar-refractivity contribution in [3.63, 3.8) is 0 Å². The first-order valence-corrected chi connectivity index (χ1v) is 9.21. The summed E-state index contributed by atoms with van der Waals surface area (Å²) in [5.41, 5.74) is 1.25. The number of rotatable bonds is 5. The number of carbonyl (C=O) groups excluding carboxylic acids is 3. The van der Waals surface area contributed by atoms with Crippen LogP contribution in [-0.2, 0) is 16.0 Å². The van der Waals surface area contributed by atoms with Gasteiger partial charge in [0.15, 0.2) is 0 Å². The summed E-state index contributed by atoms with van der Waals surface area (Å²) in [6.07, 6.45) is 3.29. The zero-order chi connectivity index (χ0) is 20.5. The van der Waals surface area contributed by atoms with E-state index in [2.05, 4.69) is 0 Å². The van der Waals surface area contributed by atoms with Crippen molar-refractivity contribution in [2.24, 2.45) is 0 Å². The summed E-state index contributed by atoms with van der Waals surface area (Å²) >= 11 is 0. The highest BCUT2D eigenvalue weighted by Gasteiger charge is 2.45. The van der Waals surface area contributed by atoms with Crippen LogP contribution in [0.15, 0.2) is 66.9 Å². The van der Waals surface area contributed by atoms with Crippen molar-refractivity contribution in [2.45, 2.75) is 24.9 Å². The summed E-state index contributed by atoms with van der Waals surface area (Å²) in [4.78, 5) is 52.9. The van der Waals surface area contributed by atoms with E-state index in [0.29, 0.717) is 0 Å². The van der Waals surface area contributed by atoms with Gasteiger partial charge in [0.2, 0.25) is 0 Å². The van der Waals surface area contributed by atoms with E-state index in [9.17, 15) is 24.3 Å². The molecule has 3 amide bonds. The first kappa shape index (κ1) is 18.6. The maximum absolute atomic E-state index is 13.4. The van der Waals surface area contributed by atoms with Gasteiger partial charge < -0.3 is 10.0 Å². The quantitative estimate of drug-likeness (QED) is 0.789. The van der Waals surface area contributed by atoms with Gasteiger partial charge in [0.1, 0.15) is 12.1 Å². The Bertz CT molecular complexity index is 996. The zero-order valence-electron chi connectivity index (χ0n) is 15.4. The molecule has 4 rings (SSSR count). The average molecular weight is 390 g/mol. The van der Waals surface area contributed by atoms with E-state index in [1.807, 2.05) is 6.07 Å². The molecule has 1 N–H and O–H groups in total. The molecule has 0 aromatic heterocycles. The Hall–Kier alpha value is -3.74. The number of carboxylic acids is 1. The number of carboxylic acid groups (broad SMARTS) is 1. The second kappa shape index (κ2) is 7.35. The van der Waals surface area contributed by atoms with Crippen LogP contribution >= 0.6 is 0 Å². The lowest BCUT2D eigenvalue weighted by atomic mass is 10.0. The largest absolute Gasteiger partial charge is 0.480 e. The number of hydrogen-bond donors (Lipinski definition) is 1. The highest BCUT2D eigenvalue weighted by molar-refractivity contribution is 6.23. The Kier molecular flexibility index (Phi) is 4.72. The summed E-state index contributed by atoms with van der Waals surface area (Å²) in [6, 6.07) is 13.3. The minimum absolute atomic E-state index is 0.0990. The number of benzene rings is 2. The number of nitrogens with zero attached hydrogens (tertiary/aromatic N) is 2. The highest BCUT2D eigenvalue weighted by atomic mass is 16.4. The van der Waals surface area contributed by atoms with Crippen LogP contribution in [0.25, 0.3) is 0 Å². The number of fused-ring (bicyclic) bond motifs is 1. The minimum Gasteiger partial charge on any atom is -0.480 e. The molecule has 2 aliphatic heterocycles. The van der Waals surface area contributed by atoms with Gasteiger partial charge in [-0.2, -0.15) is 0 Å². The Morgan fingerprint density at radius 3 is 2.14 bits per heavy atom. The fraction of sp³-hybridized carbons (Fsp3) is 0.182. The van der Waals surface area contributed by atoms with Gasteiger partial charge in [-0.25, -0.2) is 4.79 Å². The first-order chi connectivity index (χ1) is 14.0. The fourth-order valence-corrected chi connectivity index (χ4v) is 3.76. The molecule has 7 nitrogen and oxygen atoms in total. The van der Waals surface area contributed by atoms with E-state index >= 15 is 0 Å². The second-order valence-electron chi connectivity index (χ2n) is 6.95. The molecule has 1 unspecified atom stereocenters. The SMILES string of the molecule is O=C(O)[C@@H]1CC=CN1C(=O)C(Cc1ccccc1)N1C(=O)c2ccccc2C1=O. The third-order valence-corrected chi connectivity index (χ3v) is 5.19. The summed E-state index contributed by atoms with van der Waals surface area (Å²) in [6.45, 7) is 0. The van der Waals surface area contributed by atoms with Crippen LogP contribution in [0.2, 0.25) is 0 Å². The lowest BCUT2D eigenvalue weighted by Crippen LogP contribution is -2.53. The maximum atomic E-state index is 13.4. The second-order valence-corrected chi connectivity index (χ2v) is 6.95. The van der Waals surface area contributed by atoms with Crippen LogP contribution in [0.1, 0.15) is 32.7 Å². The van der Waals surface area contributed by atoms with Crippen molar-refractivity contribution in [3.8, 4) is 0 Å². The molecule has 2 atom stereocenters. The lowest BCUT2D eigenvalue weighted by molar-refractivity contribution is -0.148. The third kappa shape index (κ3) is 3.20. The van der Waals surface area contributed by atoms with Crippen molar-refractivity contribution in [3.05, 3.63) is 83.6 Å². The summed E-state index contributed by atoms with van der Waals surface area (Å²) < 4.78 is 0. The predicted octanol–water partition coefficient (Wildman–Crippen LogP) is 2.09. The van der Waals surface area contributed by atoms with Gasteiger partial charge in [-0.1, -0.05) is 48.5 Å². The molecule has 0 fully saturated rings. The number of hydrogen-bond acceptors (Lipinski definition) is 4. The van der Waals surface area contributed by atoms with Crippen LogP contribution in [0.5, 0.6) is 0 Å². The molecular weight excluding hydrogens is 372 g/mol. The molecule has 0 saturated carbocycles. The Morgan fingerprint density at radius 2 is 1.55 bits per heavy atom. The number of carbonyl (C=O) groups is 4. The topological polar surface area (TPSA) is 95.0 Å². The van der Waals surface area contributed by atoms with E-state index in [0.717, 1.165) is 15.4 Å². The van der Waals surface area contributed by atoms with Crippen LogP contribution in [0, 0.1) is 0 Å². The molecule has 2 heterocycles. The van der Waals surface area contributed by atoms with Crippen LogP contribution in [0.3, 0.4) is 0 Å². The zero-order valence-corrected chi connectivity index (χ0v) is 15.4. The molecule has 7 heteroatoms. The summed E-state index contributed by atoms with van der Waals surface area (Å²) in [5.74, 6) is -2.82. The fourth-order valence-electron chi connectivity index (χ4n) is 3.76. The number of aliphatic carboxylic acids is 1. The molecule has 0 radical (unpaired) electrons. The van der Waals surface area contributed by atoms with Gasteiger partial charge in [-0.3, -0.25) is 19.3 Å². The van der Waals surface area contributed by atoms with Crippen molar-refractivity contribution >= 4 is 23.7 Å². The van der Waals surface area contributed by atoms with E-state index in [4.69, 9.17) is 0 Å². The van der Waals surface area contributed by atoms with Crippen LogP contribution < -0.4 is 0 Å². The van der Waals surface area contributed by atoms with Gasteiger partial charge in [0.25, 0.3) is 17.7 Å². The summed E-state index contributed by atoms with van der Waals surface area (Å²) in [7, 11) is 0. The number of imide groups is 1. The first-order valence-electron chi connectivity index (χ1n) is 9.21.